The van der Waals surface area contributed by atoms with Gasteiger partial charge >= 0.3 is 12.3 Å². The summed E-state index contributed by atoms with van der Waals surface area (Å²) in [6.45, 7) is 4.03. The Morgan fingerprint density at radius 2 is 1.90 bits per heavy atom. The molecular weight excluding hydrogens is 399 g/mol. The summed E-state index contributed by atoms with van der Waals surface area (Å²) in [5.41, 5.74) is 0.212. The average molecular weight is 427 g/mol. The van der Waals surface area contributed by atoms with Gasteiger partial charge in [0.1, 0.15) is 0 Å². The number of carbonyl (C=O) groups is 2. The summed E-state index contributed by atoms with van der Waals surface area (Å²) in [7, 11) is 0. The molecule has 3 rings (SSSR count). The number of fused-ring (bicyclic) bond motifs is 1. The molecule has 1 saturated heterocycles. The van der Waals surface area contributed by atoms with Gasteiger partial charge in [0, 0.05) is 38.1 Å². The van der Waals surface area contributed by atoms with Crippen LogP contribution in [0.5, 0.6) is 0 Å². The second-order valence-corrected chi connectivity index (χ2v) is 8.45. The van der Waals surface area contributed by atoms with Crippen molar-refractivity contribution in [2.75, 3.05) is 13.1 Å². The Balaban J connectivity index is 1.46. The number of likely N-dealkylation sites (tertiary alicyclic amines) is 1. The first kappa shape index (κ1) is 22.4. The minimum atomic E-state index is -4.32. The molecule has 1 aromatic rings. The number of hydrogen-bond donors (Lipinski definition) is 3. The molecule has 166 valence electrons. The van der Waals surface area contributed by atoms with Gasteiger partial charge in [-0.3, -0.25) is 9.69 Å². The molecule has 9 heteroatoms. The van der Waals surface area contributed by atoms with Gasteiger partial charge in [-0.05, 0) is 55.7 Å². The van der Waals surface area contributed by atoms with E-state index in [-0.39, 0.29) is 24.4 Å². The van der Waals surface area contributed by atoms with Crippen molar-refractivity contribution >= 4 is 12.0 Å². The van der Waals surface area contributed by atoms with Crippen LogP contribution in [-0.2, 0) is 17.5 Å². The highest BCUT2D eigenvalue weighted by Crippen LogP contribution is 2.39. The lowest BCUT2D eigenvalue weighted by molar-refractivity contribution is -0.137. The van der Waals surface area contributed by atoms with E-state index >= 15 is 0 Å². The Morgan fingerprint density at radius 1 is 1.20 bits per heavy atom. The third kappa shape index (κ3) is 5.87. The molecule has 0 bridgehead atoms. The monoisotopic (exact) mass is 427 g/mol. The largest absolute Gasteiger partial charge is 0.465 e. The highest BCUT2D eigenvalue weighted by molar-refractivity contribution is 5.76. The van der Waals surface area contributed by atoms with Gasteiger partial charge in [-0.2, -0.15) is 13.2 Å². The van der Waals surface area contributed by atoms with E-state index in [2.05, 4.69) is 15.5 Å². The van der Waals surface area contributed by atoms with E-state index in [9.17, 15) is 22.8 Å². The minimum Gasteiger partial charge on any atom is -0.465 e. The molecule has 2 amide bonds. The fourth-order valence-corrected chi connectivity index (χ4v) is 4.63. The third-order valence-corrected chi connectivity index (χ3v) is 6.14. The Morgan fingerprint density at radius 3 is 2.53 bits per heavy atom. The van der Waals surface area contributed by atoms with Crippen molar-refractivity contribution in [3.8, 4) is 0 Å². The first-order chi connectivity index (χ1) is 14.1. The highest BCUT2D eigenvalue weighted by atomic mass is 19.4. The smallest absolute Gasteiger partial charge is 0.416 e. The predicted molar refractivity (Wildman–Crippen MR) is 105 cm³/mol. The molecule has 0 spiro atoms. The summed E-state index contributed by atoms with van der Waals surface area (Å²) in [4.78, 5) is 25.1. The number of alkyl halides is 3. The fourth-order valence-electron chi connectivity index (χ4n) is 4.63. The van der Waals surface area contributed by atoms with E-state index in [0.717, 1.165) is 43.6 Å². The lowest BCUT2D eigenvalue weighted by Crippen LogP contribution is -2.40. The molecule has 0 aromatic heterocycles. The van der Waals surface area contributed by atoms with E-state index < -0.39 is 17.8 Å². The molecular formula is C21H28F3N3O3. The van der Waals surface area contributed by atoms with Gasteiger partial charge < -0.3 is 15.7 Å². The van der Waals surface area contributed by atoms with Gasteiger partial charge in [0.25, 0.3) is 0 Å². The lowest BCUT2D eigenvalue weighted by Gasteiger charge is -2.22. The van der Waals surface area contributed by atoms with Crippen molar-refractivity contribution in [1.82, 2.24) is 15.5 Å². The Hall–Kier alpha value is -2.29. The van der Waals surface area contributed by atoms with E-state index in [1.807, 2.05) is 0 Å². The first-order valence-electron chi connectivity index (χ1n) is 10.3. The Labute approximate surface area is 173 Å². The fraction of sp³-hybridized carbons (Fsp3) is 0.619. The number of amides is 2. The average Bonchev–Trinajstić information content (AvgIpc) is 3.20. The summed E-state index contributed by atoms with van der Waals surface area (Å²) >= 11 is 0. The molecule has 1 aliphatic heterocycles. The third-order valence-electron chi connectivity index (χ3n) is 6.14. The normalized spacial score (nSPS) is 25.0. The summed E-state index contributed by atoms with van der Waals surface area (Å²) < 4.78 is 38.1. The van der Waals surface area contributed by atoms with Crippen LogP contribution in [0.25, 0.3) is 0 Å². The number of hydrogen-bond acceptors (Lipinski definition) is 3. The van der Waals surface area contributed by atoms with Crippen LogP contribution in [0.3, 0.4) is 0 Å². The van der Waals surface area contributed by atoms with E-state index in [0.29, 0.717) is 24.8 Å². The van der Waals surface area contributed by atoms with Gasteiger partial charge in [-0.1, -0.05) is 12.1 Å². The predicted octanol–water partition coefficient (Wildman–Crippen LogP) is 3.47. The molecule has 6 nitrogen and oxygen atoms in total. The molecule has 1 aliphatic carbocycles. The van der Waals surface area contributed by atoms with Gasteiger partial charge in [0.2, 0.25) is 5.91 Å². The summed E-state index contributed by atoms with van der Waals surface area (Å²) in [6, 6.07) is 5.12. The number of rotatable bonds is 7. The number of benzene rings is 1. The standard InChI is InChI=1S/C21H28F3N3O3/c1-13(25-20(29)30)2-9-19(28)26-18-8-5-15-11-27(12-17(15)18)10-14-3-6-16(7-4-14)21(22,23)24/h3-4,6-7,13,15,17-18,25H,2,5,8-12H2,1H3,(H,26,28)(H,29,30)/t13?,15-,17+,18+/m1/s1. The van der Waals surface area contributed by atoms with Gasteiger partial charge in [-0.15, -0.1) is 0 Å². The van der Waals surface area contributed by atoms with Crippen LogP contribution >= 0.6 is 0 Å². The number of nitrogens with zero attached hydrogens (tertiary/aromatic N) is 1. The van der Waals surface area contributed by atoms with Crippen LogP contribution in [0.2, 0.25) is 0 Å². The van der Waals surface area contributed by atoms with Crippen molar-refractivity contribution < 1.29 is 27.9 Å². The van der Waals surface area contributed by atoms with Crippen LogP contribution in [-0.4, -0.2) is 47.2 Å². The zero-order valence-corrected chi connectivity index (χ0v) is 16.9. The second kappa shape index (κ2) is 9.24. The molecule has 2 fully saturated rings. The highest BCUT2D eigenvalue weighted by Gasteiger charge is 2.43. The molecule has 3 N–H and O–H groups in total. The van der Waals surface area contributed by atoms with Crippen LogP contribution in [0.15, 0.2) is 24.3 Å². The zero-order chi connectivity index (χ0) is 21.9. The van der Waals surface area contributed by atoms with Crippen LogP contribution in [0.4, 0.5) is 18.0 Å². The number of halogens is 3. The van der Waals surface area contributed by atoms with Crippen molar-refractivity contribution in [1.29, 1.82) is 0 Å². The summed E-state index contributed by atoms with van der Waals surface area (Å²) in [5, 5.41) is 14.1. The van der Waals surface area contributed by atoms with E-state index in [1.54, 1.807) is 6.92 Å². The maximum absolute atomic E-state index is 12.7. The molecule has 0 radical (unpaired) electrons. The molecule has 2 aliphatic rings. The van der Waals surface area contributed by atoms with Crippen molar-refractivity contribution in [2.24, 2.45) is 11.8 Å². The SMILES string of the molecule is CC(CCC(=O)N[C@H]1CC[C@@H]2CN(Cc3ccc(C(F)(F)F)cc3)C[C@@H]21)NC(=O)O. The molecule has 1 heterocycles. The Kier molecular flexibility index (Phi) is 6.90. The second-order valence-electron chi connectivity index (χ2n) is 8.45. The van der Waals surface area contributed by atoms with Gasteiger partial charge in [0.15, 0.2) is 0 Å². The minimum absolute atomic E-state index is 0.0686. The first-order valence-corrected chi connectivity index (χ1v) is 10.3. The summed E-state index contributed by atoms with van der Waals surface area (Å²) in [5.74, 6) is 0.760. The lowest BCUT2D eigenvalue weighted by atomic mass is 9.97. The Bertz CT molecular complexity index is 754. The quantitative estimate of drug-likeness (QED) is 0.623. The number of nitrogens with one attached hydrogen (secondary N) is 2. The van der Waals surface area contributed by atoms with Crippen LogP contribution < -0.4 is 10.6 Å². The van der Waals surface area contributed by atoms with Crippen molar-refractivity contribution in [2.45, 2.75) is 57.4 Å². The van der Waals surface area contributed by atoms with Crippen LogP contribution in [0.1, 0.15) is 43.7 Å². The van der Waals surface area contributed by atoms with Gasteiger partial charge in [-0.25, -0.2) is 4.79 Å². The van der Waals surface area contributed by atoms with Crippen molar-refractivity contribution in [3.63, 3.8) is 0 Å². The number of carboxylic acid groups (broad SMARTS) is 1. The number of carbonyl (C=O) groups excluding carboxylic acids is 1. The van der Waals surface area contributed by atoms with Crippen LogP contribution in [0, 0.1) is 11.8 Å². The maximum atomic E-state index is 12.7. The maximum Gasteiger partial charge on any atom is 0.416 e. The molecule has 30 heavy (non-hydrogen) atoms. The van der Waals surface area contributed by atoms with E-state index in [4.69, 9.17) is 5.11 Å². The van der Waals surface area contributed by atoms with Crippen molar-refractivity contribution in [3.05, 3.63) is 35.4 Å². The molecule has 1 saturated carbocycles. The molecule has 4 atom stereocenters. The zero-order valence-electron chi connectivity index (χ0n) is 16.9. The topological polar surface area (TPSA) is 81.7 Å². The molecule has 1 aromatic carbocycles. The van der Waals surface area contributed by atoms with E-state index in [1.165, 1.54) is 12.1 Å². The summed E-state index contributed by atoms with van der Waals surface area (Å²) in [6.07, 6.45) is -2.76. The molecule has 1 unspecified atom stereocenters. The van der Waals surface area contributed by atoms with Gasteiger partial charge in [0.05, 0.1) is 5.56 Å².